The van der Waals surface area contributed by atoms with Gasteiger partial charge in [-0.3, -0.25) is 9.59 Å². The van der Waals surface area contributed by atoms with Crippen LogP contribution in [0.4, 0.5) is 10.6 Å². The highest BCUT2D eigenvalue weighted by atomic mass is 16.6. The first-order chi connectivity index (χ1) is 19.0. The summed E-state index contributed by atoms with van der Waals surface area (Å²) in [6, 6.07) is 23.5. The summed E-state index contributed by atoms with van der Waals surface area (Å²) in [5.74, 6) is -1.62. The van der Waals surface area contributed by atoms with E-state index in [1.54, 1.807) is 41.4 Å². The molecule has 0 aliphatic carbocycles. The van der Waals surface area contributed by atoms with Crippen molar-refractivity contribution < 1.29 is 29.0 Å². The summed E-state index contributed by atoms with van der Waals surface area (Å²) < 4.78 is 11.4. The maximum Gasteiger partial charge on any atom is 0.410 e. The molecular formula is C29H32N4O6. The van der Waals surface area contributed by atoms with Crippen LogP contribution in [0.25, 0.3) is 0 Å². The minimum atomic E-state index is -1.02. The number of aromatic nitrogens is 1. The molecule has 3 aromatic rings. The molecule has 0 radical (unpaired) electrons. The van der Waals surface area contributed by atoms with Crippen molar-refractivity contribution in [3.8, 4) is 0 Å². The van der Waals surface area contributed by atoms with Gasteiger partial charge in [-0.15, -0.1) is 0 Å². The molecule has 39 heavy (non-hydrogen) atoms. The second-order valence-electron chi connectivity index (χ2n) is 9.22. The predicted molar refractivity (Wildman–Crippen MR) is 144 cm³/mol. The number of hydrogen-bond acceptors (Lipinski definition) is 7. The van der Waals surface area contributed by atoms with Crippen LogP contribution in [0.15, 0.2) is 85.1 Å². The predicted octanol–water partition coefficient (Wildman–Crippen LogP) is 3.27. The van der Waals surface area contributed by atoms with Crippen LogP contribution in [0.3, 0.4) is 0 Å². The van der Waals surface area contributed by atoms with E-state index in [0.717, 1.165) is 5.56 Å². The van der Waals surface area contributed by atoms with E-state index in [1.807, 2.05) is 48.5 Å². The number of ether oxygens (including phenoxy) is 2. The van der Waals surface area contributed by atoms with Crippen molar-refractivity contribution in [3.63, 3.8) is 0 Å². The summed E-state index contributed by atoms with van der Waals surface area (Å²) in [5, 5.41) is 15.4. The Kier molecular flexibility index (Phi) is 9.85. The molecular weight excluding hydrogens is 500 g/mol. The fourth-order valence-electron chi connectivity index (χ4n) is 4.40. The first-order valence-electron chi connectivity index (χ1n) is 12.8. The zero-order valence-electron chi connectivity index (χ0n) is 21.4. The molecule has 1 aliphatic rings. The van der Waals surface area contributed by atoms with Crippen molar-refractivity contribution in [3.05, 3.63) is 96.2 Å². The Hall–Kier alpha value is -4.44. The lowest BCUT2D eigenvalue weighted by Gasteiger charge is -2.24. The summed E-state index contributed by atoms with van der Waals surface area (Å²) in [6.45, 7) is 0.536. The van der Waals surface area contributed by atoms with Crippen LogP contribution in [0.5, 0.6) is 0 Å². The Morgan fingerprint density at radius 1 is 1.00 bits per heavy atom. The molecule has 1 fully saturated rings. The molecule has 4 rings (SSSR count). The van der Waals surface area contributed by atoms with Gasteiger partial charge >= 0.3 is 12.1 Å². The van der Waals surface area contributed by atoms with Crippen LogP contribution in [0.2, 0.25) is 0 Å². The fourth-order valence-corrected chi connectivity index (χ4v) is 4.40. The summed E-state index contributed by atoms with van der Waals surface area (Å²) in [6.07, 6.45) is 1.32. The maximum atomic E-state index is 13.0. The number of likely N-dealkylation sites (tertiary alicyclic amines) is 1. The van der Waals surface area contributed by atoms with Gasteiger partial charge in [0.25, 0.3) is 0 Å². The van der Waals surface area contributed by atoms with Crippen molar-refractivity contribution in [2.45, 2.75) is 31.1 Å². The highest BCUT2D eigenvalue weighted by Crippen LogP contribution is 2.23. The van der Waals surface area contributed by atoms with Gasteiger partial charge in [-0.05, 0) is 29.7 Å². The highest BCUT2D eigenvalue weighted by molar-refractivity contribution is 5.80. The monoisotopic (exact) mass is 532 g/mol. The lowest BCUT2D eigenvalue weighted by molar-refractivity contribution is -0.138. The minimum absolute atomic E-state index is 0.0548. The van der Waals surface area contributed by atoms with Crippen LogP contribution in [0.1, 0.15) is 23.5 Å². The van der Waals surface area contributed by atoms with Gasteiger partial charge < -0.3 is 30.1 Å². The maximum absolute atomic E-state index is 13.0. The van der Waals surface area contributed by atoms with E-state index in [-0.39, 0.29) is 38.4 Å². The van der Waals surface area contributed by atoms with E-state index < -0.39 is 23.9 Å². The van der Waals surface area contributed by atoms with E-state index in [9.17, 15) is 19.5 Å². The Morgan fingerprint density at radius 2 is 1.72 bits per heavy atom. The number of benzene rings is 2. The number of carboxylic acid groups (broad SMARTS) is 1. The summed E-state index contributed by atoms with van der Waals surface area (Å²) in [5.41, 5.74) is 1.49. The number of nitrogens with zero attached hydrogens (tertiary/aromatic N) is 2. The topological polar surface area (TPSA) is 130 Å². The SMILES string of the molecule is O=C(CO[C@@H]1C[C@@H](CNc2ccccn2)N(C(=O)OCc2ccccc2)C1)NCC(C(=O)O)c1ccccc1. The first-order valence-corrected chi connectivity index (χ1v) is 12.8. The van der Waals surface area contributed by atoms with Crippen molar-refractivity contribution in [2.24, 2.45) is 0 Å². The largest absolute Gasteiger partial charge is 0.481 e. The Labute approximate surface area is 227 Å². The van der Waals surface area contributed by atoms with Crippen molar-refractivity contribution in [1.82, 2.24) is 15.2 Å². The molecule has 1 unspecified atom stereocenters. The number of amides is 2. The second-order valence-corrected chi connectivity index (χ2v) is 9.22. The zero-order valence-corrected chi connectivity index (χ0v) is 21.4. The number of carboxylic acids is 1. The number of hydrogen-bond donors (Lipinski definition) is 3. The van der Waals surface area contributed by atoms with E-state index in [1.165, 1.54) is 0 Å². The smallest absolute Gasteiger partial charge is 0.410 e. The quantitative estimate of drug-likeness (QED) is 0.324. The van der Waals surface area contributed by atoms with Gasteiger partial charge in [0.15, 0.2) is 0 Å². The molecule has 3 atom stereocenters. The zero-order chi connectivity index (χ0) is 27.5. The van der Waals surface area contributed by atoms with Crippen LogP contribution in [0, 0.1) is 0 Å². The van der Waals surface area contributed by atoms with Gasteiger partial charge in [0.2, 0.25) is 5.91 Å². The minimum Gasteiger partial charge on any atom is -0.481 e. The molecule has 1 aromatic heterocycles. The van der Waals surface area contributed by atoms with Gasteiger partial charge in [0.1, 0.15) is 19.0 Å². The third kappa shape index (κ3) is 8.27. The Balaban J connectivity index is 1.30. The van der Waals surface area contributed by atoms with Crippen LogP contribution < -0.4 is 10.6 Å². The number of aliphatic carboxylic acids is 1. The molecule has 2 aromatic carbocycles. The molecule has 3 N–H and O–H groups in total. The van der Waals surface area contributed by atoms with Crippen LogP contribution in [-0.4, -0.2) is 71.3 Å². The first kappa shape index (κ1) is 27.6. The molecule has 204 valence electrons. The summed E-state index contributed by atoms with van der Waals surface area (Å²) >= 11 is 0. The van der Waals surface area contributed by atoms with Crippen LogP contribution in [-0.2, 0) is 25.7 Å². The Morgan fingerprint density at radius 3 is 2.41 bits per heavy atom. The van der Waals surface area contributed by atoms with Gasteiger partial charge in [-0.1, -0.05) is 66.7 Å². The standard InChI is InChI=1S/C29H32N4O6/c34-27(32-17-25(28(35)36)22-11-5-2-6-12-22)20-38-24-15-23(16-31-26-13-7-8-14-30-26)33(18-24)29(37)39-19-21-9-3-1-4-10-21/h1-14,23-25H,15-20H2,(H,30,31)(H,32,34)(H,35,36)/t23-,24+,25?/m0/s1. The second kappa shape index (κ2) is 13.9. The number of rotatable bonds is 12. The van der Waals surface area contributed by atoms with Crippen molar-refractivity contribution in [1.29, 1.82) is 0 Å². The van der Waals surface area contributed by atoms with Gasteiger partial charge in [-0.2, -0.15) is 0 Å². The lowest BCUT2D eigenvalue weighted by atomic mass is 9.99. The van der Waals surface area contributed by atoms with Gasteiger partial charge in [-0.25, -0.2) is 9.78 Å². The van der Waals surface area contributed by atoms with E-state index >= 15 is 0 Å². The highest BCUT2D eigenvalue weighted by Gasteiger charge is 2.37. The van der Waals surface area contributed by atoms with Gasteiger partial charge in [0, 0.05) is 19.3 Å². The van der Waals surface area contributed by atoms with Gasteiger partial charge in [0.05, 0.1) is 24.6 Å². The molecule has 0 spiro atoms. The average Bonchev–Trinajstić information content (AvgIpc) is 3.38. The van der Waals surface area contributed by atoms with Crippen molar-refractivity contribution >= 4 is 23.8 Å². The molecule has 1 aliphatic heterocycles. The molecule has 0 saturated carbocycles. The van der Waals surface area contributed by atoms with Crippen molar-refractivity contribution in [2.75, 3.05) is 31.6 Å². The summed E-state index contributed by atoms with van der Waals surface area (Å²) in [7, 11) is 0. The molecule has 10 nitrogen and oxygen atoms in total. The number of carbonyl (C=O) groups excluding carboxylic acids is 2. The van der Waals surface area contributed by atoms with Crippen LogP contribution >= 0.6 is 0 Å². The number of nitrogens with one attached hydrogen (secondary N) is 2. The molecule has 0 bridgehead atoms. The Bertz CT molecular complexity index is 1210. The summed E-state index contributed by atoms with van der Waals surface area (Å²) in [4.78, 5) is 43.0. The van der Waals surface area contributed by atoms with E-state index in [4.69, 9.17) is 9.47 Å². The molecule has 2 heterocycles. The molecule has 1 saturated heterocycles. The fraction of sp³-hybridized carbons (Fsp3) is 0.310. The lowest BCUT2D eigenvalue weighted by Crippen LogP contribution is -2.40. The third-order valence-corrected chi connectivity index (χ3v) is 6.45. The number of pyridine rings is 1. The number of carbonyl (C=O) groups is 3. The molecule has 2 amide bonds. The molecule has 10 heteroatoms. The van der Waals surface area contributed by atoms with E-state index in [2.05, 4.69) is 15.6 Å². The average molecular weight is 533 g/mol. The third-order valence-electron chi connectivity index (χ3n) is 6.45. The normalized spacial score (nSPS) is 17.3. The number of anilines is 1. The van der Waals surface area contributed by atoms with E-state index in [0.29, 0.717) is 24.3 Å².